The fraction of sp³-hybridized carbons (Fsp3) is 0.529. The van der Waals surface area contributed by atoms with E-state index in [0.29, 0.717) is 29.6 Å². The summed E-state index contributed by atoms with van der Waals surface area (Å²) in [5.41, 5.74) is 0.602. The van der Waals surface area contributed by atoms with Gasteiger partial charge in [-0.1, -0.05) is 38.3 Å². The van der Waals surface area contributed by atoms with Gasteiger partial charge < -0.3 is 16.0 Å². The number of rotatable bonds is 8. The Balaban J connectivity index is 0.00000529. The number of carbonyl (C=O) groups excluding carboxylic acids is 1. The number of benzene rings is 1. The standard InChI is InChI=1S/C17H27ClN4O.HI/c1-4-13(5-2)12-22-17(19-3)21-11-10-20-16(23)14-6-8-15(18)9-7-14;/h6-9,13H,4-5,10-12H2,1-3H3,(H,20,23)(H2,19,21,22);1H. The Morgan fingerprint density at radius 3 is 2.21 bits per heavy atom. The van der Waals surface area contributed by atoms with Gasteiger partial charge in [-0.2, -0.15) is 0 Å². The minimum absolute atomic E-state index is 0. The van der Waals surface area contributed by atoms with Gasteiger partial charge in [0, 0.05) is 37.3 Å². The van der Waals surface area contributed by atoms with E-state index in [9.17, 15) is 4.79 Å². The molecule has 136 valence electrons. The highest BCUT2D eigenvalue weighted by Crippen LogP contribution is 2.09. The van der Waals surface area contributed by atoms with Crippen molar-refractivity contribution in [3.8, 4) is 0 Å². The first-order valence-corrected chi connectivity index (χ1v) is 8.46. The third-order valence-corrected chi connectivity index (χ3v) is 4.00. The predicted molar refractivity (Wildman–Crippen MR) is 113 cm³/mol. The number of hydrogen-bond acceptors (Lipinski definition) is 2. The van der Waals surface area contributed by atoms with Crippen molar-refractivity contribution < 1.29 is 4.79 Å². The molecule has 0 spiro atoms. The summed E-state index contributed by atoms with van der Waals surface area (Å²) in [6.07, 6.45) is 2.30. The highest BCUT2D eigenvalue weighted by atomic mass is 127. The molecule has 3 N–H and O–H groups in total. The summed E-state index contributed by atoms with van der Waals surface area (Å²) < 4.78 is 0. The Hall–Kier alpha value is -1.02. The Labute approximate surface area is 167 Å². The number of nitrogens with zero attached hydrogens (tertiary/aromatic N) is 1. The van der Waals surface area contributed by atoms with Gasteiger partial charge in [0.1, 0.15) is 0 Å². The predicted octanol–water partition coefficient (Wildman–Crippen LogP) is 3.29. The second-order valence-corrected chi connectivity index (χ2v) is 5.76. The minimum atomic E-state index is -0.108. The van der Waals surface area contributed by atoms with Crippen LogP contribution in [-0.2, 0) is 0 Å². The summed E-state index contributed by atoms with van der Waals surface area (Å²) in [7, 11) is 1.74. The second kappa shape index (κ2) is 13.3. The molecule has 1 rings (SSSR count). The van der Waals surface area contributed by atoms with Crippen molar-refractivity contribution in [2.75, 3.05) is 26.7 Å². The van der Waals surface area contributed by atoms with Crippen LogP contribution in [0.25, 0.3) is 0 Å². The van der Waals surface area contributed by atoms with Crippen LogP contribution in [0.4, 0.5) is 0 Å². The van der Waals surface area contributed by atoms with E-state index in [1.807, 2.05) is 0 Å². The van der Waals surface area contributed by atoms with Crippen LogP contribution in [-0.4, -0.2) is 38.5 Å². The monoisotopic (exact) mass is 466 g/mol. The Morgan fingerprint density at radius 1 is 1.08 bits per heavy atom. The zero-order valence-corrected chi connectivity index (χ0v) is 17.7. The van der Waals surface area contributed by atoms with Gasteiger partial charge in [-0.05, 0) is 30.2 Å². The Bertz CT molecular complexity index is 504. The highest BCUT2D eigenvalue weighted by Gasteiger charge is 2.06. The van der Waals surface area contributed by atoms with Gasteiger partial charge in [-0.3, -0.25) is 9.79 Å². The molecule has 24 heavy (non-hydrogen) atoms. The molecule has 7 heteroatoms. The van der Waals surface area contributed by atoms with Gasteiger partial charge in [-0.15, -0.1) is 24.0 Å². The maximum absolute atomic E-state index is 11.9. The summed E-state index contributed by atoms with van der Waals surface area (Å²) in [5.74, 6) is 1.30. The topological polar surface area (TPSA) is 65.5 Å². The fourth-order valence-electron chi connectivity index (χ4n) is 2.10. The van der Waals surface area contributed by atoms with Crippen molar-refractivity contribution in [3.63, 3.8) is 0 Å². The number of guanidine groups is 1. The van der Waals surface area contributed by atoms with Gasteiger partial charge in [-0.25, -0.2) is 0 Å². The quantitative estimate of drug-likeness (QED) is 0.238. The first kappa shape index (κ1) is 23.0. The molecule has 5 nitrogen and oxygen atoms in total. The number of aliphatic imine (C=N–C) groups is 1. The van der Waals surface area contributed by atoms with Crippen molar-refractivity contribution in [2.24, 2.45) is 10.9 Å². The number of halogens is 2. The summed E-state index contributed by atoms with van der Waals surface area (Å²) in [6, 6.07) is 6.83. The van der Waals surface area contributed by atoms with Crippen LogP contribution in [0.1, 0.15) is 37.0 Å². The molecule has 0 radical (unpaired) electrons. The molecule has 0 aliphatic rings. The van der Waals surface area contributed by atoms with Crippen molar-refractivity contribution in [1.82, 2.24) is 16.0 Å². The molecular weight excluding hydrogens is 439 g/mol. The Morgan fingerprint density at radius 2 is 1.67 bits per heavy atom. The number of hydrogen-bond donors (Lipinski definition) is 3. The van der Waals surface area contributed by atoms with Gasteiger partial charge in [0.15, 0.2) is 5.96 Å². The van der Waals surface area contributed by atoms with E-state index < -0.39 is 0 Å². The lowest BCUT2D eigenvalue weighted by Crippen LogP contribution is -2.43. The van der Waals surface area contributed by atoms with Crippen LogP contribution in [0.5, 0.6) is 0 Å². The SMILES string of the molecule is CCC(CC)CNC(=NC)NCCNC(=O)c1ccc(Cl)cc1.I. The molecular formula is C17H28ClIN4O. The lowest BCUT2D eigenvalue weighted by molar-refractivity contribution is 0.0954. The molecule has 1 amide bonds. The molecule has 0 saturated heterocycles. The minimum Gasteiger partial charge on any atom is -0.356 e. The lowest BCUT2D eigenvalue weighted by Gasteiger charge is -2.16. The normalized spacial score (nSPS) is 11.0. The van der Waals surface area contributed by atoms with Gasteiger partial charge >= 0.3 is 0 Å². The Kier molecular flexibility index (Phi) is 12.7. The molecule has 0 aliphatic carbocycles. The van der Waals surface area contributed by atoms with Crippen molar-refractivity contribution in [1.29, 1.82) is 0 Å². The van der Waals surface area contributed by atoms with Crippen LogP contribution in [0.3, 0.4) is 0 Å². The maximum atomic E-state index is 11.9. The molecule has 0 aromatic heterocycles. The van der Waals surface area contributed by atoms with Gasteiger partial charge in [0.25, 0.3) is 5.91 Å². The van der Waals surface area contributed by atoms with Gasteiger partial charge in [0.2, 0.25) is 0 Å². The number of carbonyl (C=O) groups is 1. The van der Waals surface area contributed by atoms with Crippen molar-refractivity contribution in [2.45, 2.75) is 26.7 Å². The number of nitrogens with one attached hydrogen (secondary N) is 3. The molecule has 0 aliphatic heterocycles. The van der Waals surface area contributed by atoms with E-state index in [1.165, 1.54) is 0 Å². The average Bonchev–Trinajstić information content (AvgIpc) is 2.57. The van der Waals surface area contributed by atoms with E-state index in [4.69, 9.17) is 11.6 Å². The second-order valence-electron chi connectivity index (χ2n) is 5.33. The van der Waals surface area contributed by atoms with E-state index in [2.05, 4.69) is 34.8 Å². The largest absolute Gasteiger partial charge is 0.356 e. The molecule has 0 saturated carbocycles. The highest BCUT2D eigenvalue weighted by molar-refractivity contribution is 14.0. The van der Waals surface area contributed by atoms with Crippen LogP contribution < -0.4 is 16.0 Å². The van der Waals surface area contributed by atoms with Gasteiger partial charge in [0.05, 0.1) is 0 Å². The lowest BCUT2D eigenvalue weighted by atomic mass is 10.0. The summed E-state index contributed by atoms with van der Waals surface area (Å²) >= 11 is 5.80. The molecule has 0 fully saturated rings. The molecule has 0 unspecified atom stereocenters. The zero-order chi connectivity index (χ0) is 17.1. The fourth-order valence-corrected chi connectivity index (χ4v) is 2.23. The number of amides is 1. The molecule has 0 bridgehead atoms. The van der Waals surface area contributed by atoms with Crippen LogP contribution in [0.15, 0.2) is 29.3 Å². The summed E-state index contributed by atoms with van der Waals surface area (Å²) in [6.45, 7) is 6.43. The zero-order valence-electron chi connectivity index (χ0n) is 14.6. The first-order chi connectivity index (χ1) is 11.1. The summed E-state index contributed by atoms with van der Waals surface area (Å²) in [5, 5.41) is 9.98. The maximum Gasteiger partial charge on any atom is 0.251 e. The van der Waals surface area contributed by atoms with E-state index in [-0.39, 0.29) is 29.9 Å². The smallest absolute Gasteiger partial charge is 0.251 e. The molecule has 1 aromatic carbocycles. The third kappa shape index (κ3) is 8.73. The average molecular weight is 467 g/mol. The van der Waals surface area contributed by atoms with Crippen LogP contribution in [0, 0.1) is 5.92 Å². The van der Waals surface area contributed by atoms with Crippen molar-refractivity contribution >= 4 is 47.4 Å². The van der Waals surface area contributed by atoms with Crippen molar-refractivity contribution in [3.05, 3.63) is 34.9 Å². The molecule has 0 atom stereocenters. The summed E-state index contributed by atoms with van der Waals surface area (Å²) in [4.78, 5) is 16.1. The third-order valence-electron chi connectivity index (χ3n) is 3.75. The van der Waals surface area contributed by atoms with E-state index >= 15 is 0 Å². The van der Waals surface area contributed by atoms with Crippen LogP contribution in [0.2, 0.25) is 5.02 Å². The van der Waals surface area contributed by atoms with Crippen LogP contribution >= 0.6 is 35.6 Å². The van der Waals surface area contributed by atoms with E-state index in [1.54, 1.807) is 31.3 Å². The van der Waals surface area contributed by atoms with E-state index in [0.717, 1.165) is 25.3 Å². The molecule has 0 heterocycles. The first-order valence-electron chi connectivity index (χ1n) is 8.08. The molecule has 1 aromatic rings.